The number of hydrogen-bond acceptors (Lipinski definition) is 8. The first-order chi connectivity index (χ1) is 20.0. The van der Waals surface area contributed by atoms with E-state index in [2.05, 4.69) is 20.5 Å². The van der Waals surface area contributed by atoms with E-state index < -0.39 is 6.43 Å². The molecular weight excluding hydrogens is 530 g/mol. The van der Waals surface area contributed by atoms with Gasteiger partial charge in [-0.1, -0.05) is 18.6 Å². The molecule has 3 aliphatic rings. The lowest BCUT2D eigenvalue weighted by atomic mass is 9.86. The number of carbonyl (C=O) groups is 1. The number of morpholine rings is 1. The molecule has 0 radical (unpaired) electrons. The Kier molecular flexibility index (Phi) is 8.56. The van der Waals surface area contributed by atoms with Crippen molar-refractivity contribution in [2.24, 2.45) is 0 Å². The van der Waals surface area contributed by atoms with Crippen LogP contribution in [0.2, 0.25) is 0 Å². The molecule has 12 heteroatoms. The van der Waals surface area contributed by atoms with Crippen molar-refractivity contribution in [3.05, 3.63) is 36.2 Å². The predicted octanol–water partition coefficient (Wildman–Crippen LogP) is 3.91. The van der Waals surface area contributed by atoms with Crippen LogP contribution in [-0.4, -0.2) is 88.3 Å². The molecule has 0 spiro atoms. The smallest absolute Gasteiger partial charge is 0.296 e. The van der Waals surface area contributed by atoms with Gasteiger partial charge in [0.2, 0.25) is 11.9 Å². The van der Waals surface area contributed by atoms with Crippen LogP contribution in [0.25, 0.3) is 16.9 Å². The number of imidazole rings is 1. The lowest BCUT2D eigenvalue weighted by Gasteiger charge is -2.37. The molecule has 1 saturated carbocycles. The first kappa shape index (κ1) is 27.8. The summed E-state index contributed by atoms with van der Waals surface area (Å²) in [6.07, 6.45) is 4.06. The highest BCUT2D eigenvalue weighted by Gasteiger charge is 2.31. The maximum Gasteiger partial charge on any atom is 0.296 e. The van der Waals surface area contributed by atoms with E-state index in [1.807, 2.05) is 4.90 Å². The molecule has 2 saturated heterocycles. The minimum Gasteiger partial charge on any atom is -0.378 e. The number of halogens is 2. The molecule has 1 aromatic carbocycles. The van der Waals surface area contributed by atoms with Gasteiger partial charge in [0.05, 0.1) is 24.2 Å². The number of benzene rings is 1. The van der Waals surface area contributed by atoms with E-state index in [-0.39, 0.29) is 23.8 Å². The van der Waals surface area contributed by atoms with E-state index >= 15 is 0 Å². The molecule has 0 unspecified atom stereocenters. The number of hydrogen-bond donors (Lipinski definition) is 2. The van der Waals surface area contributed by atoms with Crippen LogP contribution in [0.1, 0.15) is 57.2 Å². The largest absolute Gasteiger partial charge is 0.378 e. The second kappa shape index (κ2) is 12.6. The third-order valence-corrected chi connectivity index (χ3v) is 8.19. The summed E-state index contributed by atoms with van der Waals surface area (Å²) in [6.45, 7) is 5.62. The third kappa shape index (κ3) is 6.59. The Hall–Kier alpha value is -3.38. The summed E-state index contributed by atoms with van der Waals surface area (Å²) in [5, 5.41) is 6.62. The van der Waals surface area contributed by atoms with Crippen molar-refractivity contribution in [1.29, 1.82) is 0 Å². The van der Waals surface area contributed by atoms with E-state index in [4.69, 9.17) is 14.7 Å². The molecular formula is C29H38F2N8O2. The molecule has 1 amide bonds. The molecule has 2 aliphatic heterocycles. The number of piperidine rings is 1. The van der Waals surface area contributed by atoms with Gasteiger partial charge in [-0.15, -0.1) is 0 Å². The van der Waals surface area contributed by atoms with Crippen molar-refractivity contribution in [3.63, 3.8) is 0 Å². The van der Waals surface area contributed by atoms with Gasteiger partial charge in [-0.05, 0) is 63.9 Å². The first-order valence-corrected chi connectivity index (χ1v) is 14.8. The Morgan fingerprint density at radius 3 is 2.56 bits per heavy atom. The number of ether oxygens (including phenoxy) is 1. The van der Waals surface area contributed by atoms with Gasteiger partial charge in [0.25, 0.3) is 6.43 Å². The maximum absolute atomic E-state index is 14.1. The van der Waals surface area contributed by atoms with Crippen LogP contribution in [0, 0.1) is 0 Å². The number of likely N-dealkylation sites (tertiary alicyclic amines) is 1. The van der Waals surface area contributed by atoms with Crippen LogP contribution in [0.3, 0.4) is 0 Å². The molecule has 2 N–H and O–H groups in total. The molecule has 10 nitrogen and oxygen atoms in total. The number of amides is 1. The van der Waals surface area contributed by atoms with E-state index in [1.54, 1.807) is 30.3 Å². The van der Waals surface area contributed by atoms with Crippen LogP contribution in [0.15, 0.2) is 30.3 Å². The molecule has 1 aliphatic carbocycles. The Balaban J connectivity index is 1.13. The topological polar surface area (TPSA) is 100 Å². The molecule has 41 heavy (non-hydrogen) atoms. The molecule has 4 heterocycles. The number of alkyl halides is 2. The van der Waals surface area contributed by atoms with Gasteiger partial charge < -0.3 is 25.2 Å². The van der Waals surface area contributed by atoms with Crippen molar-refractivity contribution in [2.75, 3.05) is 56.2 Å². The Labute approximate surface area is 238 Å². The zero-order chi connectivity index (χ0) is 28.2. The van der Waals surface area contributed by atoms with Crippen molar-refractivity contribution in [3.8, 4) is 5.82 Å². The van der Waals surface area contributed by atoms with Gasteiger partial charge in [-0.25, -0.2) is 13.8 Å². The van der Waals surface area contributed by atoms with E-state index in [1.165, 1.54) is 23.8 Å². The number of carbonyl (C=O) groups excluding carboxylic acids is 1. The van der Waals surface area contributed by atoms with Crippen LogP contribution in [0.4, 0.5) is 20.5 Å². The summed E-state index contributed by atoms with van der Waals surface area (Å²) in [5.74, 6) is 1.12. The highest BCUT2D eigenvalue weighted by atomic mass is 19.3. The molecule has 2 aromatic heterocycles. The first-order valence-electron chi connectivity index (χ1n) is 14.8. The Bertz CT molecular complexity index is 1330. The van der Waals surface area contributed by atoms with Gasteiger partial charge in [-0.2, -0.15) is 9.97 Å². The monoisotopic (exact) mass is 568 g/mol. The quantitative estimate of drug-likeness (QED) is 0.380. The average Bonchev–Trinajstić information content (AvgIpc) is 3.37. The van der Waals surface area contributed by atoms with Crippen molar-refractivity contribution in [2.45, 2.75) is 63.5 Å². The lowest BCUT2D eigenvalue weighted by Crippen LogP contribution is -2.49. The number of nitrogens with zero attached hydrogens (tertiary/aromatic N) is 6. The summed E-state index contributed by atoms with van der Waals surface area (Å²) < 4.78 is 35.1. The molecule has 6 rings (SSSR count). The van der Waals surface area contributed by atoms with E-state index in [0.29, 0.717) is 61.3 Å². The van der Waals surface area contributed by atoms with Crippen molar-refractivity contribution < 1.29 is 18.3 Å². The van der Waals surface area contributed by atoms with Gasteiger partial charge in [0.15, 0.2) is 5.82 Å². The fraction of sp³-hybridized carbons (Fsp3) is 0.586. The fourth-order valence-corrected chi connectivity index (χ4v) is 5.96. The molecule has 220 valence electrons. The van der Waals surface area contributed by atoms with Crippen LogP contribution in [-0.2, 0) is 9.53 Å². The lowest BCUT2D eigenvalue weighted by molar-refractivity contribution is -0.122. The van der Waals surface area contributed by atoms with Gasteiger partial charge in [0, 0.05) is 37.7 Å². The minimum absolute atomic E-state index is 0.107. The third-order valence-electron chi connectivity index (χ3n) is 8.19. The fourth-order valence-electron chi connectivity index (χ4n) is 5.96. The number of aromatic nitrogens is 4. The molecule has 3 fully saturated rings. The average molecular weight is 569 g/mol. The van der Waals surface area contributed by atoms with E-state index in [0.717, 1.165) is 38.9 Å². The van der Waals surface area contributed by atoms with Crippen molar-refractivity contribution >= 4 is 28.7 Å². The summed E-state index contributed by atoms with van der Waals surface area (Å²) in [7, 11) is 0. The van der Waals surface area contributed by atoms with Gasteiger partial charge in [-0.3, -0.25) is 9.36 Å². The Morgan fingerprint density at radius 2 is 1.78 bits per heavy atom. The molecule has 0 bridgehead atoms. The van der Waals surface area contributed by atoms with Crippen LogP contribution in [0.5, 0.6) is 0 Å². The number of para-hydroxylation sites is 2. The summed E-state index contributed by atoms with van der Waals surface area (Å²) in [4.78, 5) is 30.6. The van der Waals surface area contributed by atoms with Crippen LogP contribution >= 0.6 is 0 Å². The second-order valence-corrected chi connectivity index (χ2v) is 11.2. The summed E-state index contributed by atoms with van der Waals surface area (Å²) in [5.41, 5.74) is 1.05. The second-order valence-electron chi connectivity index (χ2n) is 11.2. The number of anilines is 2. The van der Waals surface area contributed by atoms with Gasteiger partial charge in [0.1, 0.15) is 11.6 Å². The highest BCUT2D eigenvalue weighted by Crippen LogP contribution is 2.30. The normalized spacial score (nSPS) is 21.7. The summed E-state index contributed by atoms with van der Waals surface area (Å²) >= 11 is 0. The standard InChI is InChI=1S/C29H38F2N8O2/c30-27(31)28-34-22-7-2-3-8-23(22)39(28)25-19-24(35-29(36-25)38-13-15-41-16-14-38)32-20-17-21(18-20)33-26(40)9-6-12-37-10-4-1-5-11-37/h2-3,7-8,19-21,27H,1,4-6,9-18H2,(H,33,40)(H,32,35,36)/t20-,21-. The van der Waals surface area contributed by atoms with E-state index in [9.17, 15) is 13.6 Å². The van der Waals surface area contributed by atoms with Gasteiger partial charge >= 0.3 is 0 Å². The van der Waals surface area contributed by atoms with Crippen LogP contribution < -0.4 is 15.5 Å². The highest BCUT2D eigenvalue weighted by molar-refractivity contribution is 5.78. The predicted molar refractivity (Wildman–Crippen MR) is 153 cm³/mol. The SMILES string of the molecule is O=C(CCCN1CCCCC1)N[C@H]1C[C@H](Nc2cc(-n3c(C(F)F)nc4ccccc43)nc(N3CCOCC3)n2)C1. The number of nitrogens with one attached hydrogen (secondary N) is 2. The zero-order valence-electron chi connectivity index (χ0n) is 23.3. The maximum atomic E-state index is 14.1. The minimum atomic E-state index is -2.77. The molecule has 0 atom stereocenters. The number of rotatable bonds is 10. The number of fused-ring (bicyclic) bond motifs is 1. The van der Waals surface area contributed by atoms with Crippen molar-refractivity contribution in [1.82, 2.24) is 29.7 Å². The summed E-state index contributed by atoms with van der Waals surface area (Å²) in [6, 6.07) is 9.01. The Morgan fingerprint density at radius 1 is 1.00 bits per heavy atom. The molecule has 3 aromatic rings. The zero-order valence-corrected chi connectivity index (χ0v) is 23.3.